The van der Waals surface area contributed by atoms with E-state index in [0.717, 1.165) is 32.1 Å². The number of thiazole rings is 2. The number of aromatic nitrogens is 2. The van der Waals surface area contributed by atoms with Crippen LogP contribution in [0.15, 0.2) is 46.2 Å². The van der Waals surface area contributed by atoms with Crippen molar-refractivity contribution in [2.45, 2.75) is 9.79 Å². The van der Waals surface area contributed by atoms with Crippen molar-refractivity contribution in [1.29, 1.82) is 0 Å². The average molecular weight is 486 g/mol. The van der Waals surface area contributed by atoms with Crippen LogP contribution in [0.2, 0.25) is 0 Å². The Morgan fingerprint density at radius 2 is 1.15 bits per heavy atom. The number of carboxylic acids is 2. The van der Waals surface area contributed by atoms with Gasteiger partial charge in [0.05, 0.1) is 20.4 Å². The SMILES string of the molecule is O=C(O)c1nc2c([S-])cccc2s1.O=C(O)c1nc2c([S-])cccc2s1.[Zn+2]. The van der Waals surface area contributed by atoms with Gasteiger partial charge in [0.2, 0.25) is 10.0 Å². The Morgan fingerprint density at radius 1 is 0.778 bits per heavy atom. The van der Waals surface area contributed by atoms with Crippen LogP contribution >= 0.6 is 22.7 Å². The van der Waals surface area contributed by atoms with Crippen molar-refractivity contribution in [1.82, 2.24) is 9.97 Å². The van der Waals surface area contributed by atoms with Gasteiger partial charge >= 0.3 is 31.4 Å². The van der Waals surface area contributed by atoms with Gasteiger partial charge in [-0.15, -0.1) is 32.5 Å². The summed E-state index contributed by atoms with van der Waals surface area (Å²) in [5.41, 5.74) is 1.22. The van der Waals surface area contributed by atoms with Gasteiger partial charge in [-0.1, -0.05) is 24.3 Å². The van der Waals surface area contributed by atoms with Crippen molar-refractivity contribution in [3.8, 4) is 0 Å². The molecule has 4 rings (SSSR count). The topological polar surface area (TPSA) is 100 Å². The smallest absolute Gasteiger partial charge is 0.778 e. The molecule has 27 heavy (non-hydrogen) atoms. The van der Waals surface area contributed by atoms with Crippen molar-refractivity contribution in [3.63, 3.8) is 0 Å². The van der Waals surface area contributed by atoms with E-state index in [1.807, 2.05) is 12.1 Å². The van der Waals surface area contributed by atoms with Gasteiger partial charge in [-0.2, -0.15) is 0 Å². The molecule has 0 aliphatic carbocycles. The summed E-state index contributed by atoms with van der Waals surface area (Å²) in [4.78, 5) is 30.2. The number of benzene rings is 2. The van der Waals surface area contributed by atoms with Gasteiger partial charge in [-0.3, -0.25) is 0 Å². The second-order valence-corrected chi connectivity index (χ2v) is 7.80. The first-order valence-electron chi connectivity index (χ1n) is 6.96. The van der Waals surface area contributed by atoms with Gasteiger partial charge < -0.3 is 35.5 Å². The number of carboxylic acid groups (broad SMARTS) is 2. The van der Waals surface area contributed by atoms with Crippen molar-refractivity contribution in [2.75, 3.05) is 0 Å². The van der Waals surface area contributed by atoms with E-state index >= 15 is 0 Å². The standard InChI is InChI=1S/2C8H5NO2S2.Zn/c2*10-8(11)7-9-6-4(12)2-1-3-5(6)13-7;/h2*1-3,12H,(H,10,11);/q;;+2/p-2. The molecule has 2 aromatic carbocycles. The molecule has 0 amide bonds. The summed E-state index contributed by atoms with van der Waals surface area (Å²) in [6, 6.07) is 10.7. The summed E-state index contributed by atoms with van der Waals surface area (Å²) in [5, 5.41) is 17.6. The first-order chi connectivity index (χ1) is 12.4. The van der Waals surface area contributed by atoms with Crippen LogP contribution in [-0.2, 0) is 44.7 Å². The maximum absolute atomic E-state index is 10.6. The average Bonchev–Trinajstić information content (AvgIpc) is 3.21. The molecule has 0 bridgehead atoms. The third-order valence-corrected chi connectivity index (χ3v) is 5.81. The van der Waals surface area contributed by atoms with Crippen LogP contribution in [0.1, 0.15) is 19.6 Å². The predicted octanol–water partition coefficient (Wildman–Crippen LogP) is 3.80. The molecule has 0 atom stereocenters. The summed E-state index contributed by atoms with van der Waals surface area (Å²) in [6.45, 7) is 0. The van der Waals surface area contributed by atoms with Crippen LogP contribution in [0.25, 0.3) is 20.4 Å². The number of nitrogens with zero attached hydrogens (tertiary/aromatic N) is 2. The minimum atomic E-state index is -1.00. The molecule has 2 N–H and O–H groups in total. The fourth-order valence-corrected chi connectivity index (χ4v) is 4.29. The molecule has 11 heteroatoms. The zero-order valence-corrected chi connectivity index (χ0v) is 19.6. The Kier molecular flexibility index (Phi) is 7.13. The maximum atomic E-state index is 10.6. The van der Waals surface area contributed by atoms with E-state index in [1.54, 1.807) is 24.3 Å². The molecule has 2 aromatic heterocycles. The molecule has 132 valence electrons. The number of fused-ring (bicyclic) bond motifs is 2. The van der Waals surface area contributed by atoms with Crippen LogP contribution in [-0.4, -0.2) is 32.1 Å². The van der Waals surface area contributed by atoms with E-state index in [-0.39, 0.29) is 29.5 Å². The van der Waals surface area contributed by atoms with Crippen LogP contribution in [0.5, 0.6) is 0 Å². The molecular formula is C16H8N2O4S4Zn. The minimum absolute atomic E-state index is 0. The second kappa shape index (κ2) is 8.94. The van der Waals surface area contributed by atoms with Crippen molar-refractivity contribution >= 4 is 80.3 Å². The molecule has 6 nitrogen and oxygen atoms in total. The summed E-state index contributed by atoms with van der Waals surface area (Å²) in [6.07, 6.45) is 0. The van der Waals surface area contributed by atoms with Gasteiger partial charge in [-0.05, 0) is 12.1 Å². The van der Waals surface area contributed by atoms with Crippen molar-refractivity contribution in [3.05, 3.63) is 46.4 Å². The molecule has 0 spiro atoms. The molecular weight excluding hydrogens is 478 g/mol. The fraction of sp³-hybridized carbons (Fsp3) is 0. The van der Waals surface area contributed by atoms with E-state index in [1.165, 1.54) is 0 Å². The molecule has 0 unspecified atom stereocenters. The van der Waals surface area contributed by atoms with E-state index in [9.17, 15) is 9.59 Å². The molecule has 0 saturated heterocycles. The van der Waals surface area contributed by atoms with E-state index in [0.29, 0.717) is 20.8 Å². The number of aromatic carboxylic acids is 2. The van der Waals surface area contributed by atoms with Crippen LogP contribution < -0.4 is 0 Å². The summed E-state index contributed by atoms with van der Waals surface area (Å²) >= 11 is 12.3. The van der Waals surface area contributed by atoms with Crippen LogP contribution in [0, 0.1) is 0 Å². The number of hydrogen-bond acceptors (Lipinski definition) is 8. The Bertz CT molecular complexity index is 1050. The summed E-state index contributed by atoms with van der Waals surface area (Å²) in [5.74, 6) is -2.01. The maximum Gasteiger partial charge on any atom is 2.00 e. The molecule has 0 radical (unpaired) electrons. The number of hydrogen-bond donors (Lipinski definition) is 2. The van der Waals surface area contributed by atoms with Crippen LogP contribution in [0.3, 0.4) is 0 Å². The van der Waals surface area contributed by atoms with Gasteiger partial charge in [-0.25, -0.2) is 19.6 Å². The Labute approximate surface area is 184 Å². The zero-order chi connectivity index (χ0) is 18.8. The molecule has 0 fully saturated rings. The van der Waals surface area contributed by atoms with Gasteiger partial charge in [0, 0.05) is 0 Å². The first kappa shape index (κ1) is 21.5. The van der Waals surface area contributed by atoms with E-state index in [4.69, 9.17) is 35.5 Å². The van der Waals surface area contributed by atoms with Crippen molar-refractivity contribution in [2.24, 2.45) is 0 Å². The van der Waals surface area contributed by atoms with Crippen molar-refractivity contribution < 1.29 is 39.3 Å². The predicted molar refractivity (Wildman–Crippen MR) is 104 cm³/mol. The molecule has 4 aromatic rings. The number of rotatable bonds is 2. The van der Waals surface area contributed by atoms with Crippen LogP contribution in [0.4, 0.5) is 0 Å². The molecule has 0 aliphatic rings. The Morgan fingerprint density at radius 3 is 1.44 bits per heavy atom. The normalized spacial score (nSPS) is 10.1. The largest absolute Gasteiger partial charge is 2.00 e. The zero-order valence-electron chi connectivity index (χ0n) is 13.4. The number of para-hydroxylation sites is 2. The summed E-state index contributed by atoms with van der Waals surface area (Å²) in [7, 11) is 0. The van der Waals surface area contributed by atoms with Gasteiger partial charge in [0.15, 0.2) is 0 Å². The molecule has 0 aliphatic heterocycles. The third-order valence-electron chi connectivity index (χ3n) is 3.13. The molecule has 2 heterocycles. The Hall–Kier alpha value is -1.78. The molecule has 0 saturated carbocycles. The second-order valence-electron chi connectivity index (χ2n) is 4.85. The number of carbonyl (C=O) groups is 2. The fourth-order valence-electron chi connectivity index (χ4n) is 2.03. The van der Waals surface area contributed by atoms with Gasteiger partial charge in [0.1, 0.15) is 0 Å². The minimum Gasteiger partial charge on any atom is -0.778 e. The Balaban J connectivity index is 0.000000187. The summed E-state index contributed by atoms with van der Waals surface area (Å²) < 4.78 is 1.65. The quantitative estimate of drug-likeness (QED) is 0.327. The third kappa shape index (κ3) is 4.74. The van der Waals surface area contributed by atoms with E-state index < -0.39 is 11.9 Å². The van der Waals surface area contributed by atoms with E-state index in [2.05, 4.69) is 9.97 Å². The first-order valence-corrected chi connectivity index (χ1v) is 9.41. The monoisotopic (exact) mass is 484 g/mol. The van der Waals surface area contributed by atoms with Gasteiger partial charge in [0.25, 0.3) is 0 Å².